The zero-order valence-electron chi connectivity index (χ0n) is 18.2. The predicted molar refractivity (Wildman–Crippen MR) is 130 cm³/mol. The predicted octanol–water partition coefficient (Wildman–Crippen LogP) is 4.79. The van der Waals surface area contributed by atoms with Gasteiger partial charge in [-0.25, -0.2) is 0 Å². The van der Waals surface area contributed by atoms with E-state index in [9.17, 15) is 0 Å². The molecule has 0 aromatic heterocycles. The molecule has 4 heteroatoms. The summed E-state index contributed by atoms with van der Waals surface area (Å²) in [5, 5.41) is 0. The van der Waals surface area contributed by atoms with Gasteiger partial charge in [0, 0.05) is 0 Å². The van der Waals surface area contributed by atoms with Gasteiger partial charge in [-0.05, 0) is 0 Å². The van der Waals surface area contributed by atoms with Gasteiger partial charge in [0.2, 0.25) is 0 Å². The zero-order valence-corrected chi connectivity index (χ0v) is 25.6. The van der Waals surface area contributed by atoms with Crippen molar-refractivity contribution in [3.05, 3.63) is 80.9 Å². The number of benzene rings is 2. The average Bonchev–Trinajstić information content (AvgIpc) is 3.25. The summed E-state index contributed by atoms with van der Waals surface area (Å²) >= 11 is -3.21. The summed E-state index contributed by atoms with van der Waals surface area (Å²) in [6, 6.07) is 9.48. The Bertz CT molecular complexity index is 1090. The molecular weight excluding hydrogens is 551 g/mol. The Kier molecular flexibility index (Phi) is 4.31. The Morgan fingerprint density at radius 3 is 1.46 bits per heavy atom. The van der Waals surface area contributed by atoms with Gasteiger partial charge in [-0.2, -0.15) is 0 Å². The summed E-state index contributed by atoms with van der Waals surface area (Å²) in [6.45, 7) is 9.38. The number of hydrogen-bond donors (Lipinski definition) is 0. The second kappa shape index (κ2) is 6.22. The van der Waals surface area contributed by atoms with Gasteiger partial charge in [0.25, 0.3) is 0 Å². The first-order valence-electron chi connectivity index (χ1n) is 10.8. The van der Waals surface area contributed by atoms with Gasteiger partial charge in [-0.1, -0.05) is 0 Å². The first-order chi connectivity index (χ1) is 13.2. The maximum atomic E-state index is 2.94. The van der Waals surface area contributed by atoms with Gasteiger partial charge in [0.1, 0.15) is 0 Å². The van der Waals surface area contributed by atoms with Gasteiger partial charge in [0.05, 0.1) is 0 Å². The standard InChI is InChI=1S/2C11H11.2CH3.Hf.H4Si3/c2*1-8-6-7-9(2)11-5-3-4-10(8)11;;;;1-2-3-1/h2*3-7H,1-2H3;2*1H3;;1-2H2. The molecule has 5 rings (SSSR count). The molecular formula is C24H32HfSi3. The summed E-state index contributed by atoms with van der Waals surface area (Å²) < 4.78 is 7.54. The summed E-state index contributed by atoms with van der Waals surface area (Å²) in [7, 11) is 0.757. The molecule has 0 amide bonds. The topological polar surface area (TPSA) is 0 Å². The molecule has 1 saturated heterocycles. The van der Waals surface area contributed by atoms with E-state index < -0.39 is 17.1 Å². The first kappa shape index (κ1) is 19.4. The third-order valence-corrected chi connectivity index (χ3v) is 173. The van der Waals surface area contributed by atoms with Crippen LogP contribution in [0.15, 0.2) is 36.4 Å². The van der Waals surface area contributed by atoms with E-state index in [-0.39, 0.29) is 4.53 Å². The van der Waals surface area contributed by atoms with Crippen molar-refractivity contribution >= 4 is 33.8 Å². The molecule has 144 valence electrons. The van der Waals surface area contributed by atoms with E-state index >= 15 is 0 Å². The Morgan fingerprint density at radius 1 is 0.679 bits per heavy atom. The van der Waals surface area contributed by atoms with Crippen molar-refractivity contribution in [2.45, 2.75) is 44.4 Å². The van der Waals surface area contributed by atoms with Crippen molar-refractivity contribution in [3.63, 3.8) is 0 Å². The van der Waals surface area contributed by atoms with Crippen LogP contribution in [-0.2, 0) is 17.1 Å². The van der Waals surface area contributed by atoms with Crippen LogP contribution in [0.5, 0.6) is 0 Å². The fraction of sp³-hybridized carbons (Fsp3) is 0.333. The zero-order chi connectivity index (χ0) is 19.9. The van der Waals surface area contributed by atoms with E-state index in [1.807, 2.05) is 0 Å². The van der Waals surface area contributed by atoms with Crippen LogP contribution in [0.3, 0.4) is 0 Å². The monoisotopic (exact) mass is 584 g/mol. The van der Waals surface area contributed by atoms with E-state index in [0.29, 0.717) is 17.1 Å². The number of hydrogen-bond acceptors (Lipinski definition) is 0. The Labute approximate surface area is 175 Å². The van der Waals surface area contributed by atoms with Gasteiger partial charge in [-0.3, -0.25) is 0 Å². The third kappa shape index (κ3) is 2.47. The second-order valence-electron chi connectivity index (χ2n) is 10.4. The van der Waals surface area contributed by atoms with Crippen molar-refractivity contribution in [3.8, 4) is 0 Å². The van der Waals surface area contributed by atoms with Crippen molar-refractivity contribution in [1.82, 2.24) is 0 Å². The molecule has 0 nitrogen and oxygen atoms in total. The first-order valence-corrected chi connectivity index (χ1v) is 37.7. The van der Waals surface area contributed by atoms with Crippen molar-refractivity contribution in [2.24, 2.45) is 0 Å². The molecule has 0 N–H and O–H groups in total. The number of rotatable bonds is 2. The van der Waals surface area contributed by atoms with Crippen LogP contribution >= 0.6 is 0 Å². The van der Waals surface area contributed by atoms with Gasteiger partial charge >= 0.3 is 176 Å². The molecule has 0 bridgehead atoms. The summed E-state index contributed by atoms with van der Waals surface area (Å²) in [5.74, 6) is 0. The summed E-state index contributed by atoms with van der Waals surface area (Å²) in [4.78, 5) is 0. The molecule has 2 atom stereocenters. The van der Waals surface area contributed by atoms with Crippen molar-refractivity contribution in [2.75, 3.05) is 0 Å². The van der Waals surface area contributed by atoms with Crippen LogP contribution < -0.4 is 0 Å². The molecule has 0 spiro atoms. The average molecular weight is 583 g/mol. The minimum absolute atomic E-state index is 0.0672. The van der Waals surface area contributed by atoms with Crippen LogP contribution in [-0.4, -0.2) is 21.6 Å². The van der Waals surface area contributed by atoms with E-state index in [1.54, 1.807) is 33.4 Å². The van der Waals surface area contributed by atoms with Crippen LogP contribution in [0.1, 0.15) is 51.9 Å². The molecule has 2 aromatic carbocycles. The fourth-order valence-corrected chi connectivity index (χ4v) is 273. The third-order valence-electron chi connectivity index (χ3n) is 8.51. The molecule has 2 unspecified atom stereocenters. The fourth-order valence-electron chi connectivity index (χ4n) is 6.52. The Hall–Kier alpha value is -0.559. The van der Waals surface area contributed by atoms with Gasteiger partial charge in [0.15, 0.2) is 0 Å². The normalized spacial score (nSPS) is 24.3. The van der Waals surface area contributed by atoms with E-state index in [4.69, 9.17) is 0 Å². The van der Waals surface area contributed by atoms with Crippen LogP contribution in [0, 0.1) is 27.7 Å². The van der Waals surface area contributed by atoms with Crippen LogP contribution in [0.2, 0.25) is 9.36 Å². The molecule has 28 heavy (non-hydrogen) atoms. The van der Waals surface area contributed by atoms with Crippen LogP contribution in [0.25, 0.3) is 12.2 Å². The molecule has 0 radical (unpaired) electrons. The second-order valence-corrected chi connectivity index (χ2v) is 91.8. The quantitative estimate of drug-likeness (QED) is 0.447. The number of aryl methyl sites for hydroxylation is 4. The maximum absolute atomic E-state index is 3.21. The summed E-state index contributed by atoms with van der Waals surface area (Å²) in [6.07, 6.45) is 10.4. The van der Waals surface area contributed by atoms with E-state index in [2.05, 4.69) is 85.6 Å². The molecule has 1 fully saturated rings. The molecule has 2 aromatic rings. The molecule has 3 aliphatic rings. The van der Waals surface area contributed by atoms with E-state index in [0.717, 1.165) is 7.35 Å². The summed E-state index contributed by atoms with van der Waals surface area (Å²) in [5.41, 5.74) is 12.7. The van der Waals surface area contributed by atoms with Gasteiger partial charge < -0.3 is 0 Å². The number of allylic oxidation sites excluding steroid dienone is 2. The van der Waals surface area contributed by atoms with Gasteiger partial charge in [-0.15, -0.1) is 0 Å². The molecule has 1 heterocycles. The van der Waals surface area contributed by atoms with E-state index in [1.165, 1.54) is 11.1 Å². The van der Waals surface area contributed by atoms with Crippen molar-refractivity contribution in [1.29, 1.82) is 0 Å². The van der Waals surface area contributed by atoms with Crippen LogP contribution in [0.4, 0.5) is 0 Å². The molecule has 0 saturated carbocycles. The minimum atomic E-state index is -3.21. The molecule has 2 aliphatic carbocycles. The SMILES string of the molecule is Cc1ccc(C)c2c1C=C[CH]2[Hf]([CH3])([CH3])([CH]1C=Cc2c(C)ccc(C)c21)=[Si]1[SiH2][SiH2]1. The number of fused-ring (bicyclic) bond motifs is 2. The molecule has 1 aliphatic heterocycles. The Morgan fingerprint density at radius 2 is 1.07 bits per heavy atom. The van der Waals surface area contributed by atoms with Crippen molar-refractivity contribution < 1.29 is 17.1 Å². The Balaban J connectivity index is 1.81.